The Kier molecular flexibility index (Phi) is 9.35. The molecule has 3 aromatic rings. The molecule has 172 valence electrons. The molecule has 0 radical (unpaired) electrons. The van der Waals surface area contributed by atoms with E-state index in [1.54, 1.807) is 30.1 Å². The van der Waals surface area contributed by atoms with Crippen molar-refractivity contribution in [3.05, 3.63) is 97.9 Å². The van der Waals surface area contributed by atoms with Crippen LogP contribution >= 0.6 is 43.5 Å². The number of rotatable bonds is 9. The van der Waals surface area contributed by atoms with Crippen LogP contribution in [-0.2, 0) is 22.6 Å². The molecule has 0 aliphatic carbocycles. The predicted octanol–water partition coefficient (Wildman–Crippen LogP) is 5.63. The summed E-state index contributed by atoms with van der Waals surface area (Å²) in [6, 6.07) is 21.7. The van der Waals surface area contributed by atoms with Gasteiger partial charge in [-0.1, -0.05) is 70.0 Å². The monoisotopic (exact) mass is 592 g/mol. The van der Waals surface area contributed by atoms with Crippen LogP contribution in [0.3, 0.4) is 0 Å². The Morgan fingerprint density at radius 2 is 1.70 bits per heavy atom. The lowest BCUT2D eigenvalue weighted by atomic mass is 10.0. The van der Waals surface area contributed by atoms with Gasteiger partial charge in [0.15, 0.2) is 6.61 Å². The largest absolute Gasteiger partial charge is 0.483 e. The summed E-state index contributed by atoms with van der Waals surface area (Å²) >= 11 is 12.8. The van der Waals surface area contributed by atoms with Gasteiger partial charge in [0, 0.05) is 29.5 Å². The van der Waals surface area contributed by atoms with Crippen molar-refractivity contribution in [2.75, 3.05) is 13.7 Å². The number of nitrogens with zero attached hydrogens (tertiary/aromatic N) is 1. The topological polar surface area (TPSA) is 58.6 Å². The molecule has 1 unspecified atom stereocenters. The van der Waals surface area contributed by atoms with Gasteiger partial charge in [0.05, 0.1) is 4.47 Å². The van der Waals surface area contributed by atoms with Crippen LogP contribution in [-0.4, -0.2) is 36.4 Å². The molecular weight excluding hydrogens is 572 g/mol. The van der Waals surface area contributed by atoms with Crippen molar-refractivity contribution in [3.8, 4) is 5.75 Å². The molecule has 33 heavy (non-hydrogen) atoms. The van der Waals surface area contributed by atoms with Gasteiger partial charge in [-0.3, -0.25) is 9.59 Å². The number of likely N-dealkylation sites (N-methyl/N-ethyl adjacent to an activating group) is 1. The third-order valence-corrected chi connectivity index (χ3v) is 6.41. The van der Waals surface area contributed by atoms with E-state index < -0.39 is 6.04 Å². The Labute approximate surface area is 215 Å². The molecule has 2 amide bonds. The molecule has 1 N–H and O–H groups in total. The van der Waals surface area contributed by atoms with Crippen LogP contribution in [0.25, 0.3) is 0 Å². The van der Waals surface area contributed by atoms with Crippen LogP contribution in [0.1, 0.15) is 11.1 Å². The van der Waals surface area contributed by atoms with E-state index in [0.717, 1.165) is 15.6 Å². The summed E-state index contributed by atoms with van der Waals surface area (Å²) in [5.74, 6) is -0.0443. The standard InChI is InChI=1S/C25H23Br2ClN2O3/c1-29-25(32)22(13-17-5-3-2-4-6-17)30(15-18-7-9-19(26)10-8-18)24(31)16-33-23-12-11-20(28)14-21(23)27/h2-12,14,22H,13,15-16H2,1H3,(H,29,32). The molecule has 0 aliphatic heterocycles. The van der Waals surface area contributed by atoms with Crippen LogP contribution in [0.4, 0.5) is 0 Å². The fourth-order valence-corrected chi connectivity index (χ4v) is 4.38. The summed E-state index contributed by atoms with van der Waals surface area (Å²) in [5, 5.41) is 3.26. The molecule has 5 nitrogen and oxygen atoms in total. The van der Waals surface area contributed by atoms with Gasteiger partial charge < -0.3 is 15.0 Å². The van der Waals surface area contributed by atoms with Crippen molar-refractivity contribution in [1.29, 1.82) is 0 Å². The van der Waals surface area contributed by atoms with Crippen molar-refractivity contribution in [2.45, 2.75) is 19.0 Å². The predicted molar refractivity (Wildman–Crippen MR) is 137 cm³/mol. The molecule has 3 rings (SSSR count). The van der Waals surface area contributed by atoms with E-state index in [4.69, 9.17) is 16.3 Å². The average molecular weight is 595 g/mol. The molecule has 0 aromatic heterocycles. The van der Waals surface area contributed by atoms with Crippen LogP contribution in [0.2, 0.25) is 5.02 Å². The minimum absolute atomic E-state index is 0.223. The first-order valence-corrected chi connectivity index (χ1v) is 12.2. The third kappa shape index (κ3) is 7.32. The van der Waals surface area contributed by atoms with Gasteiger partial charge in [-0.15, -0.1) is 0 Å². The lowest BCUT2D eigenvalue weighted by Crippen LogP contribution is -2.51. The Bertz CT molecular complexity index is 1090. The summed E-state index contributed by atoms with van der Waals surface area (Å²) in [5.41, 5.74) is 1.86. The zero-order valence-corrected chi connectivity index (χ0v) is 21.9. The lowest BCUT2D eigenvalue weighted by Gasteiger charge is -2.31. The fraction of sp³-hybridized carbons (Fsp3) is 0.200. The summed E-state index contributed by atoms with van der Waals surface area (Å²) in [4.78, 5) is 27.9. The van der Waals surface area contributed by atoms with Gasteiger partial charge >= 0.3 is 0 Å². The Morgan fingerprint density at radius 3 is 2.33 bits per heavy atom. The van der Waals surface area contributed by atoms with Crippen molar-refractivity contribution in [2.24, 2.45) is 0 Å². The molecule has 8 heteroatoms. The maximum atomic E-state index is 13.4. The van der Waals surface area contributed by atoms with E-state index in [1.165, 1.54) is 0 Å². The van der Waals surface area contributed by atoms with E-state index in [1.807, 2.05) is 54.6 Å². The number of hydrogen-bond acceptors (Lipinski definition) is 3. The Morgan fingerprint density at radius 1 is 1.00 bits per heavy atom. The van der Waals surface area contributed by atoms with Crippen molar-refractivity contribution >= 4 is 55.3 Å². The average Bonchev–Trinajstić information content (AvgIpc) is 2.82. The molecule has 1 atom stereocenters. The second kappa shape index (κ2) is 12.2. The molecular formula is C25H23Br2ClN2O3. The zero-order chi connectivity index (χ0) is 23.8. The van der Waals surface area contributed by atoms with Crippen LogP contribution < -0.4 is 10.1 Å². The normalized spacial score (nSPS) is 11.5. The number of ether oxygens (including phenoxy) is 1. The number of carbonyl (C=O) groups excluding carboxylic acids is 2. The highest BCUT2D eigenvalue weighted by Gasteiger charge is 2.30. The molecule has 0 fully saturated rings. The van der Waals surface area contributed by atoms with Crippen LogP contribution in [0.5, 0.6) is 5.75 Å². The zero-order valence-electron chi connectivity index (χ0n) is 17.9. The van der Waals surface area contributed by atoms with Crippen LogP contribution in [0, 0.1) is 0 Å². The van der Waals surface area contributed by atoms with Crippen molar-refractivity contribution in [3.63, 3.8) is 0 Å². The minimum Gasteiger partial charge on any atom is -0.483 e. The lowest BCUT2D eigenvalue weighted by molar-refractivity contribution is -0.142. The maximum Gasteiger partial charge on any atom is 0.261 e. The first-order chi connectivity index (χ1) is 15.9. The number of hydrogen-bond donors (Lipinski definition) is 1. The molecule has 0 bridgehead atoms. The summed E-state index contributed by atoms with van der Waals surface area (Å²) in [6.07, 6.45) is 0.382. The fourth-order valence-electron chi connectivity index (χ4n) is 3.32. The highest BCUT2D eigenvalue weighted by Crippen LogP contribution is 2.28. The van der Waals surface area contributed by atoms with E-state index in [2.05, 4.69) is 37.2 Å². The van der Waals surface area contributed by atoms with E-state index in [9.17, 15) is 9.59 Å². The van der Waals surface area contributed by atoms with Crippen molar-refractivity contribution < 1.29 is 14.3 Å². The number of carbonyl (C=O) groups is 2. The molecule has 0 heterocycles. The molecule has 0 spiro atoms. The number of benzene rings is 3. The highest BCUT2D eigenvalue weighted by molar-refractivity contribution is 9.10. The molecule has 0 saturated carbocycles. The summed E-state index contributed by atoms with van der Waals surface area (Å²) in [6.45, 7) is 0.0429. The SMILES string of the molecule is CNC(=O)C(Cc1ccccc1)N(Cc1ccc(Br)cc1)C(=O)COc1ccc(Cl)cc1Br. The van der Waals surface area contributed by atoms with Crippen LogP contribution in [0.15, 0.2) is 81.7 Å². The number of halogens is 3. The Balaban J connectivity index is 1.87. The van der Waals surface area contributed by atoms with E-state index in [0.29, 0.717) is 21.7 Å². The van der Waals surface area contributed by atoms with Gasteiger partial charge in [-0.25, -0.2) is 0 Å². The van der Waals surface area contributed by atoms with Gasteiger partial charge in [0.25, 0.3) is 5.91 Å². The smallest absolute Gasteiger partial charge is 0.261 e. The van der Waals surface area contributed by atoms with Gasteiger partial charge in [-0.05, 0) is 57.4 Å². The second-order valence-electron chi connectivity index (χ2n) is 7.33. The summed E-state index contributed by atoms with van der Waals surface area (Å²) < 4.78 is 7.35. The quantitative estimate of drug-likeness (QED) is 0.350. The molecule has 3 aromatic carbocycles. The first-order valence-electron chi connectivity index (χ1n) is 10.2. The highest BCUT2D eigenvalue weighted by atomic mass is 79.9. The Hall–Kier alpha value is -2.35. The number of nitrogens with one attached hydrogen (secondary N) is 1. The van der Waals surface area contributed by atoms with Gasteiger partial charge in [0.1, 0.15) is 11.8 Å². The third-order valence-electron chi connectivity index (χ3n) is 5.03. The first kappa shape index (κ1) is 25.3. The van der Waals surface area contributed by atoms with E-state index in [-0.39, 0.29) is 25.0 Å². The number of amides is 2. The van der Waals surface area contributed by atoms with E-state index >= 15 is 0 Å². The minimum atomic E-state index is -0.703. The summed E-state index contributed by atoms with van der Waals surface area (Å²) in [7, 11) is 1.57. The van der Waals surface area contributed by atoms with Gasteiger partial charge in [-0.2, -0.15) is 0 Å². The molecule has 0 aliphatic rings. The van der Waals surface area contributed by atoms with Gasteiger partial charge in [0.2, 0.25) is 5.91 Å². The maximum absolute atomic E-state index is 13.4. The molecule has 0 saturated heterocycles. The van der Waals surface area contributed by atoms with Crippen molar-refractivity contribution in [1.82, 2.24) is 10.2 Å². The second-order valence-corrected chi connectivity index (χ2v) is 9.54.